The molecule has 0 aliphatic heterocycles. The Labute approximate surface area is 120 Å². The summed E-state index contributed by atoms with van der Waals surface area (Å²) in [5.41, 5.74) is 5.96. The lowest BCUT2D eigenvalue weighted by Gasteiger charge is -2.15. The molecule has 21 heavy (non-hydrogen) atoms. The van der Waals surface area contributed by atoms with Gasteiger partial charge < -0.3 is 10.5 Å². The van der Waals surface area contributed by atoms with Gasteiger partial charge in [-0.3, -0.25) is 4.98 Å². The summed E-state index contributed by atoms with van der Waals surface area (Å²) in [6, 6.07) is 7.48. The first kappa shape index (κ1) is 15.3. The maximum Gasteiger partial charge on any atom is 0.419 e. The average molecular weight is 296 g/mol. The Morgan fingerprint density at radius 1 is 1.05 bits per heavy atom. The van der Waals surface area contributed by atoms with E-state index in [0.717, 1.165) is 11.6 Å². The molecular formula is C15H15F3N2O. The number of ether oxygens (including phenoxy) is 1. The average Bonchev–Trinajstić information content (AvgIpc) is 2.47. The molecule has 0 amide bonds. The zero-order chi connectivity index (χ0) is 15.3. The lowest BCUT2D eigenvalue weighted by Crippen LogP contribution is -2.11. The fourth-order valence-electron chi connectivity index (χ4n) is 1.88. The summed E-state index contributed by atoms with van der Waals surface area (Å²) < 4.78 is 44.2. The molecule has 0 saturated carbocycles. The van der Waals surface area contributed by atoms with Crippen LogP contribution in [0.4, 0.5) is 13.2 Å². The summed E-state index contributed by atoms with van der Waals surface area (Å²) in [5, 5.41) is 0. The second-order valence-corrected chi connectivity index (χ2v) is 4.49. The molecule has 0 unspecified atom stereocenters. The van der Waals surface area contributed by atoms with Gasteiger partial charge >= 0.3 is 6.18 Å². The maximum atomic E-state index is 13.0. The van der Waals surface area contributed by atoms with Crippen LogP contribution in [-0.2, 0) is 19.1 Å². The van der Waals surface area contributed by atoms with Gasteiger partial charge in [0.05, 0.1) is 12.2 Å². The van der Waals surface area contributed by atoms with E-state index in [-0.39, 0.29) is 18.9 Å². The predicted octanol–water partition coefficient (Wildman–Crippen LogP) is 3.18. The van der Waals surface area contributed by atoms with Crippen LogP contribution in [0, 0.1) is 0 Å². The third kappa shape index (κ3) is 4.19. The van der Waals surface area contributed by atoms with Gasteiger partial charge in [0.15, 0.2) is 0 Å². The molecule has 1 heterocycles. The van der Waals surface area contributed by atoms with Crippen LogP contribution in [-0.4, -0.2) is 11.6 Å². The molecule has 0 radical (unpaired) electrons. The van der Waals surface area contributed by atoms with E-state index < -0.39 is 11.7 Å². The van der Waals surface area contributed by atoms with E-state index in [2.05, 4.69) is 4.98 Å². The van der Waals surface area contributed by atoms with Gasteiger partial charge in [-0.25, -0.2) is 0 Å². The van der Waals surface area contributed by atoms with Crippen LogP contribution in [0.25, 0.3) is 0 Å². The normalized spacial score (nSPS) is 11.4. The van der Waals surface area contributed by atoms with Crippen molar-refractivity contribution in [3.05, 3.63) is 59.4 Å². The van der Waals surface area contributed by atoms with Crippen molar-refractivity contribution in [2.75, 3.05) is 6.61 Å². The highest BCUT2D eigenvalue weighted by Crippen LogP contribution is 2.36. The number of alkyl halides is 3. The lowest BCUT2D eigenvalue weighted by molar-refractivity contribution is -0.139. The molecule has 1 aromatic heterocycles. The summed E-state index contributed by atoms with van der Waals surface area (Å²) in [7, 11) is 0. The van der Waals surface area contributed by atoms with E-state index in [4.69, 9.17) is 10.5 Å². The number of hydrogen-bond acceptors (Lipinski definition) is 3. The minimum atomic E-state index is -4.46. The fraction of sp³-hybridized carbons (Fsp3) is 0.267. The number of hydrogen-bond donors (Lipinski definition) is 1. The summed E-state index contributed by atoms with van der Waals surface area (Å²) in [4.78, 5) is 3.88. The van der Waals surface area contributed by atoms with Gasteiger partial charge in [-0.15, -0.1) is 0 Å². The topological polar surface area (TPSA) is 48.1 Å². The van der Waals surface area contributed by atoms with Crippen molar-refractivity contribution in [3.8, 4) is 5.75 Å². The lowest BCUT2D eigenvalue weighted by atomic mass is 10.1. The van der Waals surface area contributed by atoms with Crippen molar-refractivity contribution in [2.45, 2.75) is 19.1 Å². The zero-order valence-electron chi connectivity index (χ0n) is 11.2. The Bertz CT molecular complexity index is 585. The van der Waals surface area contributed by atoms with Crippen molar-refractivity contribution in [3.63, 3.8) is 0 Å². The molecule has 1 aromatic carbocycles. The van der Waals surface area contributed by atoms with Crippen LogP contribution in [0.5, 0.6) is 5.75 Å². The maximum absolute atomic E-state index is 13.0. The number of nitrogens with zero attached hydrogens (tertiary/aromatic N) is 1. The van der Waals surface area contributed by atoms with Gasteiger partial charge in [0.25, 0.3) is 0 Å². The standard InChI is InChI=1S/C15H15F3N2O/c16-15(17,18)13-9-12(10-19)1-2-14(13)21-8-5-11-3-6-20-7-4-11/h1-4,6-7,9H,5,8,10,19H2. The fourth-order valence-corrected chi connectivity index (χ4v) is 1.88. The number of pyridine rings is 1. The number of aromatic nitrogens is 1. The van der Waals surface area contributed by atoms with E-state index in [1.807, 2.05) is 0 Å². The van der Waals surface area contributed by atoms with Gasteiger partial charge in [0.2, 0.25) is 0 Å². The zero-order valence-corrected chi connectivity index (χ0v) is 11.2. The second-order valence-electron chi connectivity index (χ2n) is 4.49. The molecule has 0 atom stereocenters. The van der Waals surface area contributed by atoms with Crippen LogP contribution in [0.1, 0.15) is 16.7 Å². The SMILES string of the molecule is NCc1ccc(OCCc2ccncc2)c(C(F)(F)F)c1. The molecule has 6 heteroatoms. The quantitative estimate of drug-likeness (QED) is 0.922. The van der Waals surface area contributed by atoms with Crippen molar-refractivity contribution in [1.82, 2.24) is 4.98 Å². The van der Waals surface area contributed by atoms with Crippen LogP contribution >= 0.6 is 0 Å². The molecular weight excluding hydrogens is 281 g/mol. The molecule has 2 N–H and O–H groups in total. The van der Waals surface area contributed by atoms with Crippen molar-refractivity contribution in [1.29, 1.82) is 0 Å². The largest absolute Gasteiger partial charge is 0.493 e. The monoisotopic (exact) mass is 296 g/mol. The Morgan fingerprint density at radius 2 is 1.76 bits per heavy atom. The number of nitrogens with two attached hydrogens (primary N) is 1. The summed E-state index contributed by atoms with van der Waals surface area (Å²) >= 11 is 0. The van der Waals surface area contributed by atoms with Crippen LogP contribution in [0.3, 0.4) is 0 Å². The van der Waals surface area contributed by atoms with Gasteiger partial charge in [-0.1, -0.05) is 6.07 Å². The van der Waals surface area contributed by atoms with E-state index in [9.17, 15) is 13.2 Å². The van der Waals surface area contributed by atoms with Crippen LogP contribution < -0.4 is 10.5 Å². The number of benzene rings is 1. The molecule has 2 rings (SSSR count). The molecule has 0 spiro atoms. The van der Waals surface area contributed by atoms with Gasteiger partial charge in [0.1, 0.15) is 5.75 Å². The van der Waals surface area contributed by atoms with Gasteiger partial charge in [0, 0.05) is 25.4 Å². The van der Waals surface area contributed by atoms with Crippen molar-refractivity contribution >= 4 is 0 Å². The first-order valence-electron chi connectivity index (χ1n) is 6.42. The molecule has 0 saturated heterocycles. The highest BCUT2D eigenvalue weighted by molar-refractivity contribution is 5.39. The minimum absolute atomic E-state index is 0.0559. The Kier molecular flexibility index (Phi) is 4.80. The Hall–Kier alpha value is -2.08. The first-order chi connectivity index (χ1) is 10.0. The summed E-state index contributed by atoms with van der Waals surface area (Å²) in [6.45, 7) is 0.218. The third-order valence-corrected chi connectivity index (χ3v) is 2.98. The molecule has 0 fully saturated rings. The van der Waals surface area contributed by atoms with E-state index in [0.29, 0.717) is 12.0 Å². The molecule has 0 bridgehead atoms. The number of halogens is 3. The van der Waals surface area contributed by atoms with Crippen molar-refractivity contribution in [2.24, 2.45) is 5.73 Å². The molecule has 0 aliphatic rings. The Morgan fingerprint density at radius 3 is 2.38 bits per heavy atom. The minimum Gasteiger partial charge on any atom is -0.493 e. The van der Waals surface area contributed by atoms with Crippen molar-refractivity contribution < 1.29 is 17.9 Å². The molecule has 112 valence electrons. The number of rotatable bonds is 5. The molecule has 3 nitrogen and oxygen atoms in total. The highest BCUT2D eigenvalue weighted by Gasteiger charge is 2.34. The Balaban J connectivity index is 2.09. The van der Waals surface area contributed by atoms with Crippen LogP contribution in [0.2, 0.25) is 0 Å². The molecule has 0 aliphatic carbocycles. The first-order valence-corrected chi connectivity index (χ1v) is 6.42. The third-order valence-electron chi connectivity index (χ3n) is 2.98. The van der Waals surface area contributed by atoms with Gasteiger partial charge in [-0.05, 0) is 35.4 Å². The summed E-state index contributed by atoms with van der Waals surface area (Å²) in [6.07, 6.45) is -0.686. The summed E-state index contributed by atoms with van der Waals surface area (Å²) in [5.74, 6) is -0.172. The highest BCUT2D eigenvalue weighted by atomic mass is 19.4. The smallest absolute Gasteiger partial charge is 0.419 e. The van der Waals surface area contributed by atoms with E-state index >= 15 is 0 Å². The second kappa shape index (κ2) is 6.58. The van der Waals surface area contributed by atoms with Crippen LogP contribution in [0.15, 0.2) is 42.7 Å². The van der Waals surface area contributed by atoms with E-state index in [1.54, 1.807) is 24.5 Å². The van der Waals surface area contributed by atoms with E-state index in [1.165, 1.54) is 12.1 Å². The predicted molar refractivity (Wildman–Crippen MR) is 72.8 cm³/mol. The molecule has 2 aromatic rings. The van der Waals surface area contributed by atoms with Gasteiger partial charge in [-0.2, -0.15) is 13.2 Å².